The molecule has 0 spiro atoms. The Morgan fingerprint density at radius 1 is 1.18 bits per heavy atom. The third-order valence-corrected chi connectivity index (χ3v) is 5.54. The minimum Gasteiger partial charge on any atom is -0.488 e. The van der Waals surface area contributed by atoms with E-state index in [0.717, 1.165) is 11.1 Å². The molecule has 2 aromatic carbocycles. The average molecular weight is 414 g/mol. The fourth-order valence-electron chi connectivity index (χ4n) is 2.66. The number of hydrogen-bond donors (Lipinski definition) is 0. The predicted octanol–water partition coefficient (Wildman–Crippen LogP) is 4.27. The standard InChI is InChI=1S/C21H19NO4S2/c1-3-22-19(23)18(28-21(22)27)12-16-6-4-5-7-17(16)26-13-14-8-10-15(11-9-14)20(24)25-2/h4-12H,3,13H2,1-2H3/b18-12-. The highest BCUT2D eigenvalue weighted by Gasteiger charge is 2.30. The van der Waals surface area contributed by atoms with Gasteiger partial charge in [0.05, 0.1) is 17.6 Å². The Morgan fingerprint density at radius 3 is 2.54 bits per heavy atom. The first-order chi connectivity index (χ1) is 13.5. The van der Waals surface area contributed by atoms with Gasteiger partial charge in [0.1, 0.15) is 16.7 Å². The SMILES string of the molecule is CCN1C(=O)/C(=C/c2ccccc2OCc2ccc(C(=O)OC)cc2)SC1=S. The number of carbonyl (C=O) groups is 2. The summed E-state index contributed by atoms with van der Waals surface area (Å²) in [4.78, 5) is 26.1. The van der Waals surface area contributed by atoms with Crippen LogP contribution in [0.2, 0.25) is 0 Å². The molecule has 1 fully saturated rings. The van der Waals surface area contributed by atoms with Gasteiger partial charge in [0, 0.05) is 12.1 Å². The average Bonchev–Trinajstić information content (AvgIpc) is 2.99. The third-order valence-electron chi connectivity index (χ3n) is 4.16. The van der Waals surface area contributed by atoms with E-state index in [1.165, 1.54) is 18.9 Å². The maximum Gasteiger partial charge on any atom is 0.337 e. The second-order valence-corrected chi connectivity index (χ2v) is 7.62. The van der Waals surface area contributed by atoms with Crippen LogP contribution in [0.1, 0.15) is 28.4 Å². The van der Waals surface area contributed by atoms with E-state index in [4.69, 9.17) is 21.7 Å². The van der Waals surface area contributed by atoms with Crippen molar-refractivity contribution in [3.05, 3.63) is 70.1 Å². The number of methoxy groups -OCH3 is 1. The number of likely N-dealkylation sites (N-methyl/N-ethyl adjacent to an activating group) is 1. The number of para-hydroxylation sites is 1. The normalized spacial score (nSPS) is 15.2. The molecule has 0 aliphatic carbocycles. The van der Waals surface area contributed by atoms with Gasteiger partial charge in [-0.05, 0) is 36.8 Å². The monoisotopic (exact) mass is 413 g/mol. The van der Waals surface area contributed by atoms with Crippen molar-refractivity contribution < 1.29 is 19.1 Å². The van der Waals surface area contributed by atoms with Gasteiger partial charge in [-0.2, -0.15) is 0 Å². The first kappa shape index (κ1) is 20.1. The lowest BCUT2D eigenvalue weighted by Gasteiger charge is -2.11. The molecule has 1 saturated heterocycles. The van der Waals surface area contributed by atoms with Gasteiger partial charge in [-0.25, -0.2) is 4.79 Å². The summed E-state index contributed by atoms with van der Waals surface area (Å²) >= 11 is 6.56. The minimum atomic E-state index is -0.373. The smallest absolute Gasteiger partial charge is 0.337 e. The van der Waals surface area contributed by atoms with Crippen LogP contribution in [0.5, 0.6) is 5.75 Å². The topological polar surface area (TPSA) is 55.8 Å². The highest BCUT2D eigenvalue weighted by atomic mass is 32.2. The van der Waals surface area contributed by atoms with Crippen LogP contribution in [0.15, 0.2) is 53.4 Å². The summed E-state index contributed by atoms with van der Waals surface area (Å²) in [7, 11) is 1.35. The Balaban J connectivity index is 1.74. The summed E-state index contributed by atoms with van der Waals surface area (Å²) < 4.78 is 11.2. The van der Waals surface area contributed by atoms with Crippen molar-refractivity contribution in [2.45, 2.75) is 13.5 Å². The van der Waals surface area contributed by atoms with E-state index in [1.807, 2.05) is 49.4 Å². The molecule has 3 rings (SSSR count). The van der Waals surface area contributed by atoms with Gasteiger partial charge in [0.25, 0.3) is 5.91 Å². The van der Waals surface area contributed by atoms with Gasteiger partial charge in [-0.3, -0.25) is 9.69 Å². The van der Waals surface area contributed by atoms with Crippen LogP contribution in [0.4, 0.5) is 0 Å². The number of thioether (sulfide) groups is 1. The van der Waals surface area contributed by atoms with Crippen LogP contribution in [0.3, 0.4) is 0 Å². The number of nitrogens with zero attached hydrogens (tertiary/aromatic N) is 1. The first-order valence-corrected chi connectivity index (χ1v) is 9.90. The quantitative estimate of drug-likeness (QED) is 0.400. The number of hydrogen-bond acceptors (Lipinski definition) is 6. The summed E-state index contributed by atoms with van der Waals surface area (Å²) in [5, 5.41) is 0. The Morgan fingerprint density at radius 2 is 1.89 bits per heavy atom. The number of benzene rings is 2. The van der Waals surface area contributed by atoms with Crippen molar-refractivity contribution in [3.63, 3.8) is 0 Å². The second-order valence-electron chi connectivity index (χ2n) is 5.94. The maximum atomic E-state index is 12.4. The van der Waals surface area contributed by atoms with E-state index in [0.29, 0.717) is 33.7 Å². The summed E-state index contributed by atoms with van der Waals surface area (Å²) in [6.45, 7) is 2.79. The van der Waals surface area contributed by atoms with Crippen molar-refractivity contribution in [2.75, 3.05) is 13.7 Å². The zero-order chi connectivity index (χ0) is 20.1. The third kappa shape index (κ3) is 4.43. The molecule has 1 amide bonds. The number of carbonyl (C=O) groups excluding carboxylic acids is 2. The Bertz CT molecular complexity index is 938. The molecule has 0 atom stereocenters. The minimum absolute atomic E-state index is 0.0781. The molecular formula is C21H19NO4S2. The molecule has 144 valence electrons. The van der Waals surface area contributed by atoms with Crippen molar-refractivity contribution in [1.82, 2.24) is 4.90 Å². The number of thiocarbonyl (C=S) groups is 1. The molecule has 0 unspecified atom stereocenters. The molecule has 7 heteroatoms. The van der Waals surface area contributed by atoms with Crippen LogP contribution in [-0.4, -0.2) is 34.8 Å². The van der Waals surface area contributed by atoms with Crippen molar-refractivity contribution in [1.29, 1.82) is 0 Å². The predicted molar refractivity (Wildman–Crippen MR) is 114 cm³/mol. The van der Waals surface area contributed by atoms with Crippen molar-refractivity contribution >= 4 is 46.3 Å². The molecule has 0 N–H and O–H groups in total. The highest BCUT2D eigenvalue weighted by molar-refractivity contribution is 8.26. The summed E-state index contributed by atoms with van der Waals surface area (Å²) in [5.41, 5.74) is 2.22. The van der Waals surface area contributed by atoms with Gasteiger partial charge in [-0.1, -0.05) is 54.3 Å². The molecule has 1 heterocycles. The summed E-state index contributed by atoms with van der Waals surface area (Å²) in [5.74, 6) is 0.217. The zero-order valence-corrected chi connectivity index (χ0v) is 17.1. The van der Waals surface area contributed by atoms with E-state index in [-0.39, 0.29) is 11.9 Å². The van der Waals surface area contributed by atoms with Crippen LogP contribution in [0, 0.1) is 0 Å². The lowest BCUT2D eigenvalue weighted by molar-refractivity contribution is -0.121. The molecule has 1 aliphatic rings. The van der Waals surface area contributed by atoms with Gasteiger partial charge >= 0.3 is 5.97 Å². The molecule has 28 heavy (non-hydrogen) atoms. The van der Waals surface area contributed by atoms with Crippen LogP contribution in [-0.2, 0) is 16.1 Å². The Labute approximate surface area is 173 Å². The lowest BCUT2D eigenvalue weighted by atomic mass is 10.1. The Kier molecular flexibility index (Phi) is 6.49. The highest BCUT2D eigenvalue weighted by Crippen LogP contribution is 2.34. The molecule has 0 saturated carbocycles. The molecule has 0 radical (unpaired) electrons. The zero-order valence-electron chi connectivity index (χ0n) is 15.5. The van der Waals surface area contributed by atoms with E-state index in [9.17, 15) is 9.59 Å². The number of rotatable bonds is 6. The van der Waals surface area contributed by atoms with E-state index < -0.39 is 0 Å². The van der Waals surface area contributed by atoms with Gasteiger partial charge in [0.15, 0.2) is 0 Å². The van der Waals surface area contributed by atoms with Crippen LogP contribution in [0.25, 0.3) is 6.08 Å². The lowest BCUT2D eigenvalue weighted by Crippen LogP contribution is -2.27. The number of amides is 1. The fraction of sp³-hybridized carbons (Fsp3) is 0.190. The van der Waals surface area contributed by atoms with Gasteiger partial charge in [-0.15, -0.1) is 0 Å². The largest absolute Gasteiger partial charge is 0.488 e. The van der Waals surface area contributed by atoms with Crippen LogP contribution < -0.4 is 4.74 Å². The van der Waals surface area contributed by atoms with Crippen molar-refractivity contribution in [3.8, 4) is 5.75 Å². The molecule has 0 bridgehead atoms. The first-order valence-electron chi connectivity index (χ1n) is 8.68. The maximum absolute atomic E-state index is 12.4. The van der Waals surface area contributed by atoms with E-state index in [1.54, 1.807) is 17.0 Å². The van der Waals surface area contributed by atoms with Gasteiger partial charge in [0.2, 0.25) is 0 Å². The van der Waals surface area contributed by atoms with Crippen LogP contribution >= 0.6 is 24.0 Å². The summed E-state index contributed by atoms with van der Waals surface area (Å²) in [6, 6.07) is 14.6. The Hall–Kier alpha value is -2.64. The fourth-order valence-corrected chi connectivity index (χ4v) is 4.04. The summed E-state index contributed by atoms with van der Waals surface area (Å²) in [6.07, 6.45) is 1.81. The van der Waals surface area contributed by atoms with E-state index in [2.05, 4.69) is 0 Å². The molecule has 1 aliphatic heterocycles. The number of esters is 1. The molecule has 5 nitrogen and oxygen atoms in total. The van der Waals surface area contributed by atoms with E-state index >= 15 is 0 Å². The second kappa shape index (κ2) is 9.03. The number of ether oxygens (including phenoxy) is 2. The van der Waals surface area contributed by atoms with Gasteiger partial charge < -0.3 is 9.47 Å². The molecule has 0 aromatic heterocycles. The molecular weight excluding hydrogens is 394 g/mol. The molecule has 2 aromatic rings. The van der Waals surface area contributed by atoms with Crippen molar-refractivity contribution in [2.24, 2.45) is 0 Å².